The van der Waals surface area contributed by atoms with E-state index >= 15 is 0 Å². The van der Waals surface area contributed by atoms with E-state index in [1.54, 1.807) is 33.3 Å². The van der Waals surface area contributed by atoms with Crippen LogP contribution in [0.5, 0.6) is 23.0 Å². The molecule has 0 atom stereocenters. The molecule has 0 spiro atoms. The Morgan fingerprint density at radius 2 is 1.66 bits per heavy atom. The first kappa shape index (κ1) is 22.1. The highest BCUT2D eigenvalue weighted by molar-refractivity contribution is 5.77. The maximum Gasteiger partial charge on any atom is 0.387 e. The van der Waals surface area contributed by atoms with Gasteiger partial charge in [0.15, 0.2) is 29.0 Å². The van der Waals surface area contributed by atoms with Crippen molar-refractivity contribution >= 4 is 5.96 Å². The summed E-state index contributed by atoms with van der Waals surface area (Å²) in [4.78, 5) is 4.26. The van der Waals surface area contributed by atoms with Gasteiger partial charge in [-0.2, -0.15) is 8.78 Å². The molecule has 9 heteroatoms. The predicted molar refractivity (Wildman–Crippen MR) is 106 cm³/mol. The van der Waals surface area contributed by atoms with Crippen molar-refractivity contribution in [3.8, 4) is 23.0 Å². The number of ether oxygens (including phenoxy) is 4. The second kappa shape index (κ2) is 10.9. The van der Waals surface area contributed by atoms with Crippen LogP contribution >= 0.6 is 0 Å². The molecule has 158 valence electrons. The predicted octanol–water partition coefficient (Wildman–Crippen LogP) is 3.31. The van der Waals surface area contributed by atoms with Crippen LogP contribution in [0.1, 0.15) is 18.1 Å². The maximum absolute atomic E-state index is 12.5. The number of halogens is 2. The number of methoxy groups -OCH3 is 2. The Morgan fingerprint density at radius 1 is 1.00 bits per heavy atom. The molecule has 0 aromatic heterocycles. The van der Waals surface area contributed by atoms with Gasteiger partial charge < -0.3 is 30.0 Å². The van der Waals surface area contributed by atoms with E-state index in [0.29, 0.717) is 24.7 Å². The van der Waals surface area contributed by atoms with Crippen molar-refractivity contribution in [2.75, 3.05) is 20.8 Å². The zero-order chi connectivity index (χ0) is 21.2. The number of guanidine groups is 1. The van der Waals surface area contributed by atoms with Gasteiger partial charge in [0.25, 0.3) is 0 Å². The van der Waals surface area contributed by atoms with Crippen LogP contribution in [0.3, 0.4) is 0 Å². The lowest BCUT2D eigenvalue weighted by atomic mass is 10.2. The Labute approximate surface area is 168 Å². The molecule has 0 radical (unpaired) electrons. The standard InChI is InChI=1S/C20H25F2N3O4/c1-4-28-18-10-14(6-8-16(18)29-19(21)22)12-25-20(23)24-11-13-5-7-15(26-2)17(9-13)27-3/h5-10,19H,4,11-12H2,1-3H3,(H3,23,24,25). The lowest BCUT2D eigenvalue weighted by molar-refractivity contribution is -0.0514. The molecule has 0 saturated heterocycles. The number of alkyl halides is 2. The molecule has 3 N–H and O–H groups in total. The molecule has 2 aromatic carbocycles. The molecule has 7 nitrogen and oxygen atoms in total. The third-order valence-electron chi connectivity index (χ3n) is 3.88. The molecule has 0 bridgehead atoms. The Balaban J connectivity index is 1.99. The van der Waals surface area contributed by atoms with Gasteiger partial charge in [-0.15, -0.1) is 0 Å². The van der Waals surface area contributed by atoms with E-state index in [1.807, 2.05) is 18.2 Å². The Hall–Kier alpha value is -3.23. The lowest BCUT2D eigenvalue weighted by Gasteiger charge is -2.12. The minimum Gasteiger partial charge on any atom is -0.493 e. The zero-order valence-corrected chi connectivity index (χ0v) is 16.6. The number of hydrogen-bond donors (Lipinski definition) is 2. The smallest absolute Gasteiger partial charge is 0.387 e. The third-order valence-corrected chi connectivity index (χ3v) is 3.88. The second-order valence-corrected chi connectivity index (χ2v) is 5.84. The van der Waals surface area contributed by atoms with Crippen LogP contribution < -0.4 is 30.0 Å². The number of hydrogen-bond acceptors (Lipinski definition) is 5. The maximum atomic E-state index is 12.5. The number of rotatable bonds is 10. The summed E-state index contributed by atoms with van der Waals surface area (Å²) in [5, 5.41) is 3.01. The van der Waals surface area contributed by atoms with E-state index in [2.05, 4.69) is 15.0 Å². The highest BCUT2D eigenvalue weighted by Crippen LogP contribution is 2.30. The molecule has 0 aliphatic carbocycles. The monoisotopic (exact) mass is 409 g/mol. The highest BCUT2D eigenvalue weighted by Gasteiger charge is 2.11. The van der Waals surface area contributed by atoms with Gasteiger partial charge in [-0.25, -0.2) is 4.99 Å². The molecule has 0 saturated carbocycles. The fourth-order valence-electron chi connectivity index (χ4n) is 2.53. The van der Waals surface area contributed by atoms with E-state index in [4.69, 9.17) is 19.9 Å². The minimum atomic E-state index is -2.92. The van der Waals surface area contributed by atoms with Gasteiger partial charge in [0.05, 0.1) is 27.4 Å². The van der Waals surface area contributed by atoms with Crippen LogP contribution in [-0.2, 0) is 13.1 Å². The molecule has 2 rings (SSSR count). The molecule has 0 fully saturated rings. The molecule has 2 aromatic rings. The van der Waals surface area contributed by atoms with Crippen molar-refractivity contribution in [2.45, 2.75) is 26.6 Å². The van der Waals surface area contributed by atoms with Gasteiger partial charge in [0, 0.05) is 6.54 Å². The number of nitrogens with two attached hydrogens (primary N) is 1. The zero-order valence-electron chi connectivity index (χ0n) is 16.6. The van der Waals surface area contributed by atoms with Crippen molar-refractivity contribution in [1.29, 1.82) is 0 Å². The molecule has 0 amide bonds. The van der Waals surface area contributed by atoms with Crippen LogP contribution in [-0.4, -0.2) is 33.4 Å². The normalized spacial score (nSPS) is 11.3. The van der Waals surface area contributed by atoms with Crippen molar-refractivity contribution < 1.29 is 27.7 Å². The van der Waals surface area contributed by atoms with Crippen molar-refractivity contribution in [3.63, 3.8) is 0 Å². The van der Waals surface area contributed by atoms with Crippen LogP contribution in [0.2, 0.25) is 0 Å². The van der Waals surface area contributed by atoms with Crippen LogP contribution in [0.25, 0.3) is 0 Å². The SMILES string of the molecule is CCOc1cc(CN=C(N)NCc2ccc(OC)c(OC)c2)ccc1OC(F)F. The Morgan fingerprint density at radius 3 is 2.31 bits per heavy atom. The fourth-order valence-corrected chi connectivity index (χ4v) is 2.53. The lowest BCUT2D eigenvalue weighted by Crippen LogP contribution is -2.31. The molecule has 0 aliphatic rings. The van der Waals surface area contributed by atoms with E-state index in [9.17, 15) is 8.78 Å². The summed E-state index contributed by atoms with van der Waals surface area (Å²) in [6.45, 7) is -0.149. The largest absolute Gasteiger partial charge is 0.493 e. The summed E-state index contributed by atoms with van der Waals surface area (Å²) < 4.78 is 45.2. The van der Waals surface area contributed by atoms with Gasteiger partial charge >= 0.3 is 6.61 Å². The van der Waals surface area contributed by atoms with Crippen molar-refractivity contribution in [2.24, 2.45) is 10.7 Å². The topological polar surface area (TPSA) is 87.3 Å². The number of nitrogens with zero attached hydrogens (tertiary/aromatic N) is 1. The summed E-state index contributed by atoms with van der Waals surface area (Å²) in [5.74, 6) is 1.72. The van der Waals surface area contributed by atoms with Gasteiger partial charge in [0.1, 0.15) is 0 Å². The first-order chi connectivity index (χ1) is 14.0. The van der Waals surface area contributed by atoms with Gasteiger partial charge in [0.2, 0.25) is 0 Å². The average Bonchev–Trinajstić information content (AvgIpc) is 2.71. The van der Waals surface area contributed by atoms with Crippen molar-refractivity contribution in [3.05, 3.63) is 47.5 Å². The average molecular weight is 409 g/mol. The molecule has 0 heterocycles. The van der Waals surface area contributed by atoms with Crippen LogP contribution in [0.15, 0.2) is 41.4 Å². The summed E-state index contributed by atoms with van der Waals surface area (Å²) in [6.07, 6.45) is 0. The quantitative estimate of drug-likeness (QED) is 0.463. The first-order valence-corrected chi connectivity index (χ1v) is 8.92. The van der Waals surface area contributed by atoms with Crippen molar-refractivity contribution in [1.82, 2.24) is 5.32 Å². The van der Waals surface area contributed by atoms with Gasteiger partial charge in [-0.3, -0.25) is 0 Å². The fraction of sp³-hybridized carbons (Fsp3) is 0.350. The van der Waals surface area contributed by atoms with E-state index in [-0.39, 0.29) is 24.0 Å². The summed E-state index contributed by atoms with van der Waals surface area (Å²) in [5.41, 5.74) is 7.60. The number of aliphatic imine (C=N–C) groups is 1. The van der Waals surface area contributed by atoms with Gasteiger partial charge in [-0.1, -0.05) is 12.1 Å². The number of benzene rings is 2. The van der Waals surface area contributed by atoms with E-state index in [1.165, 1.54) is 6.07 Å². The summed E-state index contributed by atoms with van der Waals surface area (Å²) in [7, 11) is 3.14. The van der Waals surface area contributed by atoms with Crippen LogP contribution in [0.4, 0.5) is 8.78 Å². The Kier molecular flexibility index (Phi) is 8.32. The summed E-state index contributed by atoms with van der Waals surface area (Å²) >= 11 is 0. The van der Waals surface area contributed by atoms with Crippen LogP contribution in [0, 0.1) is 0 Å². The number of nitrogens with one attached hydrogen (secondary N) is 1. The van der Waals surface area contributed by atoms with Gasteiger partial charge in [-0.05, 0) is 42.3 Å². The van der Waals surface area contributed by atoms with E-state index in [0.717, 1.165) is 11.1 Å². The molecular formula is C20H25F2N3O4. The second-order valence-electron chi connectivity index (χ2n) is 5.84. The first-order valence-electron chi connectivity index (χ1n) is 8.92. The summed E-state index contributed by atoms with van der Waals surface area (Å²) in [6, 6.07) is 10.2. The molecule has 0 unspecified atom stereocenters. The Bertz CT molecular complexity index is 831. The molecule has 0 aliphatic heterocycles. The molecule has 29 heavy (non-hydrogen) atoms. The minimum absolute atomic E-state index is 0.0193. The molecular weight excluding hydrogens is 384 g/mol. The van der Waals surface area contributed by atoms with E-state index < -0.39 is 6.61 Å². The third kappa shape index (κ3) is 6.70. The highest BCUT2D eigenvalue weighted by atomic mass is 19.3.